The third kappa shape index (κ3) is 5.81. The van der Waals surface area contributed by atoms with Crippen LogP contribution in [0.4, 0.5) is 4.79 Å². The zero-order chi connectivity index (χ0) is 16.0. The Kier molecular flexibility index (Phi) is 5.69. The van der Waals surface area contributed by atoms with Crippen molar-refractivity contribution in [3.8, 4) is 0 Å². The summed E-state index contributed by atoms with van der Waals surface area (Å²) in [5.41, 5.74) is 1.46. The molecule has 0 saturated heterocycles. The minimum absolute atomic E-state index is 0.363. The fourth-order valence-electron chi connectivity index (χ4n) is 1.73. The van der Waals surface area contributed by atoms with E-state index in [1.54, 1.807) is 20.8 Å². The highest BCUT2D eigenvalue weighted by atomic mass is 16.6. The molecule has 1 N–H and O–H groups in total. The summed E-state index contributed by atoms with van der Waals surface area (Å²) in [6.45, 7) is 7.60. The first-order valence-corrected chi connectivity index (χ1v) is 6.73. The van der Waals surface area contributed by atoms with E-state index in [1.807, 2.05) is 13.0 Å². The van der Waals surface area contributed by atoms with Gasteiger partial charge in [0.15, 0.2) is 0 Å². The van der Waals surface area contributed by atoms with Gasteiger partial charge in [-0.05, 0) is 45.7 Å². The van der Waals surface area contributed by atoms with Crippen LogP contribution in [-0.4, -0.2) is 36.3 Å². The molecule has 6 heteroatoms. The molecule has 0 atom stereocenters. The lowest BCUT2D eigenvalue weighted by Gasteiger charge is -2.19. The van der Waals surface area contributed by atoms with Crippen LogP contribution in [0.1, 0.15) is 42.4 Å². The van der Waals surface area contributed by atoms with Crippen LogP contribution in [0.2, 0.25) is 0 Å². The van der Waals surface area contributed by atoms with Crippen LogP contribution in [-0.2, 0) is 15.9 Å². The third-order valence-electron chi connectivity index (χ3n) is 2.59. The van der Waals surface area contributed by atoms with Crippen molar-refractivity contribution in [2.45, 2.75) is 39.7 Å². The number of rotatable bonds is 4. The Morgan fingerprint density at radius 2 is 2.00 bits per heavy atom. The number of aryl methyl sites for hydroxylation is 1. The highest BCUT2D eigenvalue weighted by Crippen LogP contribution is 2.12. The maximum Gasteiger partial charge on any atom is 0.407 e. The van der Waals surface area contributed by atoms with Gasteiger partial charge < -0.3 is 14.8 Å². The Balaban J connectivity index is 2.65. The van der Waals surface area contributed by atoms with Crippen LogP contribution in [0.25, 0.3) is 0 Å². The van der Waals surface area contributed by atoms with E-state index in [2.05, 4.69) is 10.3 Å². The van der Waals surface area contributed by atoms with Crippen molar-refractivity contribution >= 4 is 12.1 Å². The molecule has 6 nitrogen and oxygen atoms in total. The van der Waals surface area contributed by atoms with Crippen molar-refractivity contribution in [3.63, 3.8) is 0 Å². The Morgan fingerprint density at radius 3 is 2.57 bits per heavy atom. The second-order valence-electron chi connectivity index (χ2n) is 5.65. The Hall–Kier alpha value is -2.11. The molecule has 1 aromatic heterocycles. The molecule has 116 valence electrons. The van der Waals surface area contributed by atoms with E-state index in [9.17, 15) is 9.59 Å². The molecular weight excluding hydrogens is 272 g/mol. The maximum absolute atomic E-state index is 11.7. The predicted molar refractivity (Wildman–Crippen MR) is 78.3 cm³/mol. The van der Waals surface area contributed by atoms with Gasteiger partial charge in [0.1, 0.15) is 5.60 Å². The van der Waals surface area contributed by atoms with Crippen molar-refractivity contribution in [2.24, 2.45) is 0 Å². The smallest absolute Gasteiger partial charge is 0.407 e. The summed E-state index contributed by atoms with van der Waals surface area (Å²) in [5.74, 6) is -0.435. The first kappa shape index (κ1) is 16.9. The van der Waals surface area contributed by atoms with Crippen molar-refractivity contribution in [1.29, 1.82) is 0 Å². The molecule has 1 rings (SSSR count). The van der Waals surface area contributed by atoms with Crippen LogP contribution >= 0.6 is 0 Å². The number of pyridine rings is 1. The zero-order valence-corrected chi connectivity index (χ0v) is 13.1. The van der Waals surface area contributed by atoms with Gasteiger partial charge in [0, 0.05) is 18.4 Å². The molecule has 0 aliphatic carbocycles. The first-order valence-electron chi connectivity index (χ1n) is 6.73. The number of aromatic nitrogens is 1. The van der Waals surface area contributed by atoms with E-state index >= 15 is 0 Å². The molecule has 1 aromatic rings. The van der Waals surface area contributed by atoms with E-state index < -0.39 is 17.7 Å². The predicted octanol–water partition coefficient (Wildman–Crippen LogP) is 2.24. The van der Waals surface area contributed by atoms with Crippen molar-refractivity contribution in [1.82, 2.24) is 10.3 Å². The summed E-state index contributed by atoms with van der Waals surface area (Å²) in [6.07, 6.45) is 1.50. The van der Waals surface area contributed by atoms with Crippen LogP contribution in [0.3, 0.4) is 0 Å². The number of methoxy groups -OCH3 is 1. The highest BCUT2D eigenvalue weighted by Gasteiger charge is 2.16. The van der Waals surface area contributed by atoms with E-state index in [4.69, 9.17) is 9.47 Å². The summed E-state index contributed by atoms with van der Waals surface area (Å²) in [6, 6.07) is 1.81. The van der Waals surface area contributed by atoms with Gasteiger partial charge in [0.25, 0.3) is 0 Å². The van der Waals surface area contributed by atoms with Crippen molar-refractivity contribution < 1.29 is 19.1 Å². The lowest BCUT2D eigenvalue weighted by Crippen LogP contribution is -2.33. The fourth-order valence-corrected chi connectivity index (χ4v) is 1.73. The molecule has 0 fully saturated rings. The van der Waals surface area contributed by atoms with E-state index in [0.29, 0.717) is 18.5 Å². The molecule has 0 aliphatic heterocycles. The van der Waals surface area contributed by atoms with Crippen LogP contribution in [0, 0.1) is 6.92 Å². The molecular formula is C15H22N2O4. The molecule has 0 radical (unpaired) electrons. The lowest BCUT2D eigenvalue weighted by atomic mass is 10.1. The summed E-state index contributed by atoms with van der Waals surface area (Å²) >= 11 is 0. The average molecular weight is 294 g/mol. The van der Waals surface area contributed by atoms with Gasteiger partial charge in [-0.25, -0.2) is 9.59 Å². The van der Waals surface area contributed by atoms with Crippen LogP contribution < -0.4 is 5.32 Å². The number of alkyl carbamates (subject to hydrolysis) is 1. The molecule has 0 unspecified atom stereocenters. The van der Waals surface area contributed by atoms with Crippen molar-refractivity contribution in [2.75, 3.05) is 13.7 Å². The highest BCUT2D eigenvalue weighted by molar-refractivity contribution is 5.90. The molecule has 0 aromatic carbocycles. The molecule has 1 heterocycles. The average Bonchev–Trinajstić information content (AvgIpc) is 2.36. The Bertz CT molecular complexity index is 521. The topological polar surface area (TPSA) is 77.5 Å². The number of nitrogens with one attached hydrogen (secondary N) is 1. The van der Waals surface area contributed by atoms with Gasteiger partial charge in [-0.3, -0.25) is 4.98 Å². The fraction of sp³-hybridized carbons (Fsp3) is 0.533. The lowest BCUT2D eigenvalue weighted by molar-refractivity contribution is 0.0528. The number of amides is 1. The van der Waals surface area contributed by atoms with E-state index in [0.717, 1.165) is 11.3 Å². The van der Waals surface area contributed by atoms with Gasteiger partial charge in [0.05, 0.1) is 12.7 Å². The largest absolute Gasteiger partial charge is 0.465 e. The van der Waals surface area contributed by atoms with Gasteiger partial charge in [-0.2, -0.15) is 0 Å². The second-order valence-corrected chi connectivity index (χ2v) is 5.65. The third-order valence-corrected chi connectivity index (χ3v) is 2.59. The number of hydrogen-bond acceptors (Lipinski definition) is 5. The summed E-state index contributed by atoms with van der Waals surface area (Å²) < 4.78 is 9.86. The molecule has 1 amide bonds. The number of carbonyl (C=O) groups excluding carboxylic acids is 2. The molecule has 21 heavy (non-hydrogen) atoms. The maximum atomic E-state index is 11.7. The Labute approximate surface area is 124 Å². The van der Waals surface area contributed by atoms with Gasteiger partial charge in [0.2, 0.25) is 0 Å². The number of ether oxygens (including phenoxy) is 2. The molecule has 0 saturated carbocycles. The number of esters is 1. The normalized spacial score (nSPS) is 10.9. The zero-order valence-electron chi connectivity index (χ0n) is 13.1. The minimum atomic E-state index is -0.533. The quantitative estimate of drug-likeness (QED) is 0.862. The second kappa shape index (κ2) is 7.06. The number of hydrogen-bond donors (Lipinski definition) is 1. The molecule has 0 bridgehead atoms. The van der Waals surface area contributed by atoms with Gasteiger partial charge in [-0.15, -0.1) is 0 Å². The SMILES string of the molecule is COC(=O)c1cnc(C)cc1CCNC(=O)OC(C)(C)C. The monoisotopic (exact) mass is 294 g/mol. The van der Waals surface area contributed by atoms with Gasteiger partial charge in [-0.1, -0.05) is 0 Å². The van der Waals surface area contributed by atoms with Crippen LogP contribution in [0.15, 0.2) is 12.3 Å². The summed E-state index contributed by atoms with van der Waals surface area (Å²) in [7, 11) is 1.32. The minimum Gasteiger partial charge on any atom is -0.465 e. The van der Waals surface area contributed by atoms with Gasteiger partial charge >= 0.3 is 12.1 Å². The van der Waals surface area contributed by atoms with Crippen molar-refractivity contribution in [3.05, 3.63) is 29.1 Å². The molecule has 0 spiro atoms. The Morgan fingerprint density at radius 1 is 1.33 bits per heavy atom. The first-order chi connectivity index (χ1) is 9.73. The van der Waals surface area contributed by atoms with Crippen LogP contribution in [0.5, 0.6) is 0 Å². The number of carbonyl (C=O) groups is 2. The number of nitrogens with zero attached hydrogens (tertiary/aromatic N) is 1. The standard InChI is InChI=1S/C15H22N2O4/c1-10-8-11(12(9-17-10)13(18)20-5)6-7-16-14(19)21-15(2,3)4/h8-9H,6-7H2,1-5H3,(H,16,19). The summed E-state index contributed by atoms with van der Waals surface area (Å²) in [4.78, 5) is 27.3. The van der Waals surface area contributed by atoms with E-state index in [-0.39, 0.29) is 0 Å². The van der Waals surface area contributed by atoms with E-state index in [1.165, 1.54) is 13.3 Å². The molecule has 0 aliphatic rings. The summed E-state index contributed by atoms with van der Waals surface area (Å²) in [5, 5.41) is 2.66.